The van der Waals surface area contributed by atoms with Gasteiger partial charge in [-0.15, -0.1) is 11.3 Å². The van der Waals surface area contributed by atoms with Gasteiger partial charge < -0.3 is 11.1 Å². The van der Waals surface area contributed by atoms with E-state index in [1.807, 2.05) is 5.38 Å². The van der Waals surface area contributed by atoms with E-state index in [1.54, 1.807) is 24.4 Å². The molecule has 0 fully saturated rings. The number of thiazole rings is 1. The Morgan fingerprint density at radius 2 is 2.35 bits per heavy atom. The van der Waals surface area contributed by atoms with E-state index in [0.717, 1.165) is 5.01 Å². The normalized spacial score (nSPS) is 9.70. The Morgan fingerprint density at radius 3 is 3.00 bits per heavy atom. The lowest BCUT2D eigenvalue weighted by molar-refractivity contribution is 0.0951. The zero-order valence-corrected chi connectivity index (χ0v) is 12.1. The lowest BCUT2D eigenvalue weighted by Crippen LogP contribution is -2.22. The van der Waals surface area contributed by atoms with Crippen molar-refractivity contribution in [2.24, 2.45) is 5.73 Å². The summed E-state index contributed by atoms with van der Waals surface area (Å²) in [4.78, 5) is 16.1. The van der Waals surface area contributed by atoms with Crippen LogP contribution in [-0.4, -0.2) is 17.4 Å². The molecule has 0 radical (unpaired) electrons. The number of amides is 1. The first-order valence-electron chi connectivity index (χ1n) is 5.86. The van der Waals surface area contributed by atoms with Gasteiger partial charge in [-0.3, -0.25) is 4.79 Å². The molecule has 0 atom stereocenters. The van der Waals surface area contributed by atoms with Crippen molar-refractivity contribution in [2.45, 2.75) is 6.54 Å². The van der Waals surface area contributed by atoms with Crippen LogP contribution in [0.3, 0.4) is 0 Å². The zero-order valence-electron chi connectivity index (χ0n) is 10.5. The molecule has 0 aliphatic carbocycles. The lowest BCUT2D eigenvalue weighted by atomic mass is 10.1. The second-order valence-electron chi connectivity index (χ2n) is 3.81. The van der Waals surface area contributed by atoms with E-state index in [2.05, 4.69) is 22.1 Å². The third-order valence-corrected chi connectivity index (χ3v) is 3.53. The summed E-state index contributed by atoms with van der Waals surface area (Å²) in [7, 11) is 0. The van der Waals surface area contributed by atoms with E-state index in [0.29, 0.717) is 22.7 Å². The van der Waals surface area contributed by atoms with Crippen molar-refractivity contribution in [3.05, 3.63) is 50.9 Å². The van der Waals surface area contributed by atoms with E-state index in [4.69, 9.17) is 17.3 Å². The van der Waals surface area contributed by atoms with Crippen molar-refractivity contribution in [3.8, 4) is 11.8 Å². The minimum Gasteiger partial charge on any atom is -0.346 e. The number of carbonyl (C=O) groups excluding carboxylic acids is 1. The van der Waals surface area contributed by atoms with Crippen molar-refractivity contribution in [1.29, 1.82) is 0 Å². The van der Waals surface area contributed by atoms with E-state index in [9.17, 15) is 4.79 Å². The van der Waals surface area contributed by atoms with Crippen molar-refractivity contribution in [1.82, 2.24) is 10.3 Å². The van der Waals surface area contributed by atoms with E-state index >= 15 is 0 Å². The third-order valence-electron chi connectivity index (χ3n) is 2.44. The van der Waals surface area contributed by atoms with Gasteiger partial charge in [-0.2, -0.15) is 0 Å². The maximum atomic E-state index is 12.0. The molecular weight excluding hydrogens is 294 g/mol. The van der Waals surface area contributed by atoms with Crippen LogP contribution in [0.4, 0.5) is 0 Å². The lowest BCUT2D eigenvalue weighted by Gasteiger charge is -2.04. The molecule has 0 aliphatic rings. The summed E-state index contributed by atoms with van der Waals surface area (Å²) in [6.45, 7) is 0.676. The van der Waals surface area contributed by atoms with Crippen molar-refractivity contribution in [2.75, 3.05) is 6.54 Å². The number of nitrogens with two attached hydrogens (primary N) is 1. The molecule has 0 bridgehead atoms. The molecule has 4 nitrogen and oxygen atoms in total. The van der Waals surface area contributed by atoms with Crippen molar-refractivity contribution < 1.29 is 4.79 Å². The van der Waals surface area contributed by atoms with Gasteiger partial charge in [0.05, 0.1) is 18.1 Å². The molecule has 3 N–H and O–H groups in total. The molecule has 1 aromatic heterocycles. The highest BCUT2D eigenvalue weighted by molar-refractivity contribution is 7.09. The fourth-order valence-electron chi connectivity index (χ4n) is 1.50. The number of hydrogen-bond donors (Lipinski definition) is 2. The number of rotatable bonds is 3. The first-order valence-corrected chi connectivity index (χ1v) is 7.11. The second-order valence-corrected chi connectivity index (χ2v) is 5.20. The minimum atomic E-state index is -0.194. The quantitative estimate of drug-likeness (QED) is 0.853. The SMILES string of the molecule is NCC#Cc1ccc(C(=O)NCc2nccs2)cc1Cl. The van der Waals surface area contributed by atoms with Crippen LogP contribution in [0.1, 0.15) is 20.9 Å². The van der Waals surface area contributed by atoms with E-state index < -0.39 is 0 Å². The molecule has 1 heterocycles. The average Bonchev–Trinajstić information content (AvgIpc) is 2.96. The molecule has 1 aromatic carbocycles. The van der Waals surface area contributed by atoms with Crippen LogP contribution in [0.15, 0.2) is 29.8 Å². The van der Waals surface area contributed by atoms with E-state index in [-0.39, 0.29) is 12.5 Å². The summed E-state index contributed by atoms with van der Waals surface area (Å²) in [5.41, 5.74) is 6.46. The highest BCUT2D eigenvalue weighted by atomic mass is 35.5. The molecule has 0 spiro atoms. The molecule has 2 aromatic rings. The van der Waals surface area contributed by atoms with Gasteiger partial charge in [-0.05, 0) is 18.2 Å². The maximum absolute atomic E-state index is 12.0. The standard InChI is InChI=1S/C14H12ClN3OS/c15-12-8-11(4-3-10(12)2-1-5-16)14(19)18-9-13-17-6-7-20-13/h3-4,6-8H,5,9,16H2,(H,18,19). The first kappa shape index (κ1) is 14.5. The molecule has 20 heavy (non-hydrogen) atoms. The average molecular weight is 306 g/mol. The van der Waals surface area contributed by atoms with Gasteiger partial charge in [0.15, 0.2) is 0 Å². The number of benzene rings is 1. The van der Waals surface area contributed by atoms with Gasteiger partial charge in [0.25, 0.3) is 5.91 Å². The Balaban J connectivity index is 2.05. The summed E-state index contributed by atoms with van der Waals surface area (Å²) >= 11 is 7.57. The van der Waals surface area contributed by atoms with Crippen LogP contribution in [0, 0.1) is 11.8 Å². The Labute approximate surface area is 126 Å². The Kier molecular flexibility index (Phi) is 5.13. The summed E-state index contributed by atoms with van der Waals surface area (Å²) < 4.78 is 0. The van der Waals surface area contributed by atoms with Crippen LogP contribution in [0.5, 0.6) is 0 Å². The number of aromatic nitrogens is 1. The topological polar surface area (TPSA) is 68.0 Å². The molecule has 2 rings (SSSR count). The van der Waals surface area contributed by atoms with Crippen molar-refractivity contribution in [3.63, 3.8) is 0 Å². The maximum Gasteiger partial charge on any atom is 0.251 e. The van der Waals surface area contributed by atoms with Crippen LogP contribution >= 0.6 is 22.9 Å². The zero-order chi connectivity index (χ0) is 14.4. The molecular formula is C14H12ClN3OS. The van der Waals surface area contributed by atoms with Crippen molar-refractivity contribution >= 4 is 28.8 Å². The number of halogens is 1. The number of nitrogens with zero attached hydrogens (tertiary/aromatic N) is 1. The van der Waals surface area contributed by atoms with Crippen LogP contribution in [-0.2, 0) is 6.54 Å². The predicted octanol–water partition coefficient (Wildman–Crippen LogP) is 2.04. The fraction of sp³-hybridized carbons (Fsp3) is 0.143. The molecule has 0 aliphatic heterocycles. The summed E-state index contributed by atoms with van der Waals surface area (Å²) in [5.74, 6) is 5.38. The summed E-state index contributed by atoms with van der Waals surface area (Å²) in [5, 5.41) is 5.94. The van der Waals surface area contributed by atoms with Gasteiger partial charge in [-0.1, -0.05) is 23.4 Å². The molecule has 1 amide bonds. The third kappa shape index (κ3) is 3.81. The Bertz CT molecular complexity index is 659. The summed E-state index contributed by atoms with van der Waals surface area (Å²) in [6.07, 6.45) is 1.70. The predicted molar refractivity (Wildman–Crippen MR) is 80.7 cm³/mol. The molecule has 102 valence electrons. The summed E-state index contributed by atoms with van der Waals surface area (Å²) in [6, 6.07) is 4.99. The van der Waals surface area contributed by atoms with E-state index in [1.165, 1.54) is 11.3 Å². The molecule has 6 heteroatoms. The number of carbonyl (C=O) groups is 1. The fourth-order valence-corrected chi connectivity index (χ4v) is 2.29. The monoisotopic (exact) mass is 305 g/mol. The van der Waals surface area contributed by atoms with Gasteiger partial charge in [-0.25, -0.2) is 4.98 Å². The smallest absolute Gasteiger partial charge is 0.251 e. The first-order chi connectivity index (χ1) is 9.70. The van der Waals surface area contributed by atoms with Gasteiger partial charge in [0.1, 0.15) is 5.01 Å². The van der Waals surface area contributed by atoms with Gasteiger partial charge in [0, 0.05) is 22.7 Å². The van der Waals surface area contributed by atoms with Crippen LogP contribution < -0.4 is 11.1 Å². The van der Waals surface area contributed by atoms with Crippen LogP contribution in [0.2, 0.25) is 5.02 Å². The van der Waals surface area contributed by atoms with Gasteiger partial charge in [0.2, 0.25) is 0 Å². The van der Waals surface area contributed by atoms with Gasteiger partial charge >= 0.3 is 0 Å². The molecule has 0 saturated heterocycles. The highest BCUT2D eigenvalue weighted by Gasteiger charge is 2.08. The second kappa shape index (κ2) is 7.06. The Morgan fingerprint density at radius 1 is 1.50 bits per heavy atom. The largest absolute Gasteiger partial charge is 0.346 e. The minimum absolute atomic E-state index is 0.194. The number of hydrogen-bond acceptors (Lipinski definition) is 4. The number of nitrogens with one attached hydrogen (secondary N) is 1. The Hall–Kier alpha value is -1.87. The highest BCUT2D eigenvalue weighted by Crippen LogP contribution is 2.17. The molecule has 0 unspecified atom stereocenters. The molecule has 0 saturated carbocycles. The van der Waals surface area contributed by atoms with Crippen LogP contribution in [0.25, 0.3) is 0 Å².